The molecule has 7 heteroatoms. The second-order valence-electron chi connectivity index (χ2n) is 5.48. The molecule has 1 spiro atoms. The van der Waals surface area contributed by atoms with Crippen molar-refractivity contribution in [2.24, 2.45) is 0 Å². The fraction of sp³-hybridized carbons (Fsp3) is 0.615. The second-order valence-corrected chi connectivity index (χ2v) is 8.95. The fourth-order valence-electron chi connectivity index (χ4n) is 2.65. The number of hydrogen-bond acceptors (Lipinski definition) is 5. The van der Waals surface area contributed by atoms with Crippen LogP contribution in [0.3, 0.4) is 0 Å². The van der Waals surface area contributed by atoms with Gasteiger partial charge in [-0.1, -0.05) is 6.07 Å². The summed E-state index contributed by atoms with van der Waals surface area (Å²) in [4.78, 5) is 4.24. The predicted molar refractivity (Wildman–Crippen MR) is 79.0 cm³/mol. The number of rotatable bonds is 4. The molecule has 2 aliphatic heterocycles. The van der Waals surface area contributed by atoms with Crippen LogP contribution in [0, 0.1) is 0 Å². The maximum absolute atomic E-state index is 11.4. The van der Waals surface area contributed by atoms with E-state index in [1.54, 1.807) is 10.5 Å². The van der Waals surface area contributed by atoms with Gasteiger partial charge < -0.3 is 4.74 Å². The Morgan fingerprint density at radius 3 is 2.95 bits per heavy atom. The van der Waals surface area contributed by atoms with Gasteiger partial charge >= 0.3 is 0 Å². The number of aromatic nitrogens is 1. The van der Waals surface area contributed by atoms with Crippen molar-refractivity contribution in [3.8, 4) is 0 Å². The molecule has 2 saturated heterocycles. The van der Waals surface area contributed by atoms with Crippen molar-refractivity contribution in [1.29, 1.82) is 0 Å². The molecular weight excluding hydrogens is 296 g/mol. The molecule has 2 fully saturated rings. The highest BCUT2D eigenvalue weighted by Crippen LogP contribution is 2.46. The van der Waals surface area contributed by atoms with Gasteiger partial charge in [0.2, 0.25) is 10.0 Å². The van der Waals surface area contributed by atoms with Crippen LogP contribution in [-0.2, 0) is 21.4 Å². The van der Waals surface area contributed by atoms with Crippen LogP contribution < -0.4 is 0 Å². The zero-order valence-corrected chi connectivity index (χ0v) is 13.0. The SMILES string of the molecule is CS(=O)(=O)N1CC2(C[C@@H](OCc3ccccn3)CS2)C1. The maximum Gasteiger partial charge on any atom is 0.211 e. The van der Waals surface area contributed by atoms with E-state index >= 15 is 0 Å². The molecule has 0 radical (unpaired) electrons. The quantitative estimate of drug-likeness (QED) is 0.833. The highest BCUT2D eigenvalue weighted by molar-refractivity contribution is 8.01. The zero-order valence-electron chi connectivity index (χ0n) is 11.4. The molecule has 0 aromatic carbocycles. The maximum atomic E-state index is 11.4. The van der Waals surface area contributed by atoms with Gasteiger partial charge in [0.15, 0.2) is 0 Å². The Labute approximate surface area is 123 Å². The molecule has 3 heterocycles. The Morgan fingerprint density at radius 1 is 1.50 bits per heavy atom. The van der Waals surface area contributed by atoms with Crippen molar-refractivity contribution in [2.45, 2.75) is 23.9 Å². The van der Waals surface area contributed by atoms with Gasteiger partial charge in [0.1, 0.15) is 0 Å². The largest absolute Gasteiger partial charge is 0.371 e. The first-order chi connectivity index (χ1) is 9.47. The first kappa shape index (κ1) is 14.3. The van der Waals surface area contributed by atoms with Crippen molar-refractivity contribution in [2.75, 3.05) is 25.1 Å². The van der Waals surface area contributed by atoms with E-state index in [0.717, 1.165) is 17.9 Å². The van der Waals surface area contributed by atoms with Gasteiger partial charge in [0, 0.05) is 29.8 Å². The van der Waals surface area contributed by atoms with Crippen molar-refractivity contribution < 1.29 is 13.2 Å². The lowest BCUT2D eigenvalue weighted by molar-refractivity contribution is 0.0381. The van der Waals surface area contributed by atoms with E-state index in [-0.39, 0.29) is 10.9 Å². The molecule has 0 amide bonds. The summed E-state index contributed by atoms with van der Waals surface area (Å²) < 4.78 is 30.4. The molecule has 0 saturated carbocycles. The number of nitrogens with zero attached hydrogens (tertiary/aromatic N) is 2. The summed E-state index contributed by atoms with van der Waals surface area (Å²) in [5, 5.41) is 0. The van der Waals surface area contributed by atoms with Crippen LogP contribution >= 0.6 is 11.8 Å². The highest BCUT2D eigenvalue weighted by Gasteiger charge is 2.52. The Hall–Kier alpha value is -0.630. The zero-order chi connectivity index (χ0) is 14.2. The van der Waals surface area contributed by atoms with Crippen molar-refractivity contribution in [1.82, 2.24) is 9.29 Å². The summed E-state index contributed by atoms with van der Waals surface area (Å²) >= 11 is 1.84. The van der Waals surface area contributed by atoms with E-state index in [4.69, 9.17) is 4.74 Å². The first-order valence-corrected chi connectivity index (χ1v) is 9.41. The topological polar surface area (TPSA) is 59.5 Å². The van der Waals surface area contributed by atoms with Gasteiger partial charge in [-0.25, -0.2) is 8.42 Å². The van der Waals surface area contributed by atoms with E-state index in [9.17, 15) is 8.42 Å². The van der Waals surface area contributed by atoms with Crippen LogP contribution in [-0.4, -0.2) is 53.7 Å². The molecule has 1 aromatic rings. The Morgan fingerprint density at radius 2 is 2.30 bits per heavy atom. The summed E-state index contributed by atoms with van der Waals surface area (Å²) in [6.45, 7) is 1.78. The van der Waals surface area contributed by atoms with Gasteiger partial charge in [-0.05, 0) is 18.6 Å². The van der Waals surface area contributed by atoms with E-state index in [2.05, 4.69) is 4.98 Å². The number of thioether (sulfide) groups is 1. The molecule has 3 rings (SSSR count). The summed E-state index contributed by atoms with van der Waals surface area (Å²) in [6.07, 6.45) is 4.16. The minimum absolute atomic E-state index is 0.0812. The van der Waals surface area contributed by atoms with Gasteiger partial charge in [0.25, 0.3) is 0 Å². The molecule has 1 atom stereocenters. The average Bonchev–Trinajstić information content (AvgIpc) is 2.79. The van der Waals surface area contributed by atoms with Crippen molar-refractivity contribution >= 4 is 21.8 Å². The Kier molecular flexibility index (Phi) is 3.79. The van der Waals surface area contributed by atoms with Crippen LogP contribution in [0.1, 0.15) is 12.1 Å². The lowest BCUT2D eigenvalue weighted by Crippen LogP contribution is -2.60. The smallest absolute Gasteiger partial charge is 0.211 e. The van der Waals surface area contributed by atoms with Gasteiger partial charge in [-0.2, -0.15) is 4.31 Å². The lowest BCUT2D eigenvalue weighted by Gasteiger charge is -2.45. The van der Waals surface area contributed by atoms with Crippen LogP contribution in [0.5, 0.6) is 0 Å². The van der Waals surface area contributed by atoms with Crippen molar-refractivity contribution in [3.05, 3.63) is 30.1 Å². The average molecular weight is 314 g/mol. The van der Waals surface area contributed by atoms with Gasteiger partial charge in [-0.15, -0.1) is 11.8 Å². The second kappa shape index (κ2) is 5.29. The molecule has 0 unspecified atom stereocenters. The van der Waals surface area contributed by atoms with E-state index in [0.29, 0.717) is 19.7 Å². The minimum Gasteiger partial charge on any atom is -0.371 e. The fourth-order valence-corrected chi connectivity index (χ4v) is 5.33. The Bertz CT molecular complexity index is 571. The van der Waals surface area contributed by atoms with Crippen LogP contribution in [0.25, 0.3) is 0 Å². The molecule has 0 bridgehead atoms. The van der Waals surface area contributed by atoms with Gasteiger partial charge in [0.05, 0.1) is 24.7 Å². The van der Waals surface area contributed by atoms with Crippen molar-refractivity contribution in [3.63, 3.8) is 0 Å². The van der Waals surface area contributed by atoms with Crippen LogP contribution in [0.4, 0.5) is 0 Å². The minimum atomic E-state index is -3.03. The summed E-state index contributed by atoms with van der Waals surface area (Å²) in [5.74, 6) is 0.935. The number of hydrogen-bond donors (Lipinski definition) is 0. The number of sulfonamides is 1. The van der Waals surface area contributed by atoms with E-state index in [1.807, 2.05) is 30.0 Å². The lowest BCUT2D eigenvalue weighted by atomic mass is 9.95. The van der Waals surface area contributed by atoms with Gasteiger partial charge in [-0.3, -0.25) is 4.98 Å². The number of pyridine rings is 1. The third-order valence-electron chi connectivity index (χ3n) is 3.77. The summed E-state index contributed by atoms with van der Waals surface area (Å²) in [6, 6.07) is 5.79. The molecule has 0 aliphatic carbocycles. The van der Waals surface area contributed by atoms with E-state index < -0.39 is 10.0 Å². The molecule has 1 aromatic heterocycles. The third-order valence-corrected chi connectivity index (χ3v) is 6.54. The molecule has 5 nitrogen and oxygen atoms in total. The number of ether oxygens (including phenoxy) is 1. The first-order valence-electron chi connectivity index (χ1n) is 6.57. The Balaban J connectivity index is 1.49. The molecule has 20 heavy (non-hydrogen) atoms. The molecule has 110 valence electrons. The molecule has 0 N–H and O–H groups in total. The monoisotopic (exact) mass is 314 g/mol. The van der Waals surface area contributed by atoms with Crippen LogP contribution in [0.15, 0.2) is 24.4 Å². The standard InChI is InChI=1S/C13H18N2O3S2/c1-20(16,17)15-9-13(10-15)6-12(8-19-13)18-7-11-4-2-3-5-14-11/h2-5,12H,6-10H2,1H3/t12-/m1/s1. The summed E-state index contributed by atoms with van der Waals surface area (Å²) in [7, 11) is -3.03. The molecular formula is C13H18N2O3S2. The third kappa shape index (κ3) is 3.00. The summed E-state index contributed by atoms with van der Waals surface area (Å²) in [5.41, 5.74) is 0.935. The highest BCUT2D eigenvalue weighted by atomic mass is 32.2. The predicted octanol–water partition coefficient (Wildman–Crippen LogP) is 1.12. The van der Waals surface area contributed by atoms with Crippen LogP contribution in [0.2, 0.25) is 0 Å². The van der Waals surface area contributed by atoms with E-state index in [1.165, 1.54) is 6.26 Å². The molecule has 2 aliphatic rings. The normalized spacial score (nSPS) is 25.8.